The molecule has 0 saturated carbocycles. The summed E-state index contributed by atoms with van der Waals surface area (Å²) in [6, 6.07) is 10.1. The lowest BCUT2D eigenvalue weighted by molar-refractivity contribution is 0.627. The van der Waals surface area contributed by atoms with E-state index in [0.29, 0.717) is 17.0 Å². The minimum atomic E-state index is -0.304. The fraction of sp³-hybridized carbons (Fsp3) is 0.0625. The Hall–Kier alpha value is -3.02. The Labute approximate surface area is 125 Å². The number of halogens is 1. The molecule has 6 heteroatoms. The SMILES string of the molecule is C=C(Nc1cc(C)cc(F)c1)Nc1ccc2[nH]c(=O)[nH]c2c1. The van der Waals surface area contributed by atoms with Crippen molar-refractivity contribution in [2.75, 3.05) is 10.6 Å². The van der Waals surface area contributed by atoms with Crippen molar-refractivity contribution in [1.29, 1.82) is 0 Å². The van der Waals surface area contributed by atoms with Gasteiger partial charge in [-0.25, -0.2) is 9.18 Å². The summed E-state index contributed by atoms with van der Waals surface area (Å²) in [6.45, 7) is 5.69. The molecule has 0 spiro atoms. The molecule has 0 aliphatic heterocycles. The first kappa shape index (κ1) is 13.9. The summed E-state index contributed by atoms with van der Waals surface area (Å²) in [5, 5.41) is 6.07. The van der Waals surface area contributed by atoms with Crippen LogP contribution in [-0.2, 0) is 0 Å². The van der Waals surface area contributed by atoms with Crippen molar-refractivity contribution in [1.82, 2.24) is 9.97 Å². The lowest BCUT2D eigenvalue weighted by Gasteiger charge is -2.13. The van der Waals surface area contributed by atoms with E-state index in [2.05, 4.69) is 27.2 Å². The minimum Gasteiger partial charge on any atom is -0.342 e. The molecule has 22 heavy (non-hydrogen) atoms. The molecule has 0 fully saturated rings. The Balaban J connectivity index is 1.76. The molecule has 1 heterocycles. The molecule has 0 aliphatic carbocycles. The number of benzene rings is 2. The zero-order chi connectivity index (χ0) is 15.7. The van der Waals surface area contributed by atoms with Crippen LogP contribution in [0.3, 0.4) is 0 Å². The molecule has 0 radical (unpaired) electrons. The van der Waals surface area contributed by atoms with E-state index in [0.717, 1.165) is 16.8 Å². The van der Waals surface area contributed by atoms with Gasteiger partial charge in [-0.1, -0.05) is 6.58 Å². The second-order valence-corrected chi connectivity index (χ2v) is 5.09. The van der Waals surface area contributed by atoms with E-state index in [1.807, 2.05) is 19.1 Å². The summed E-state index contributed by atoms with van der Waals surface area (Å²) in [7, 11) is 0. The van der Waals surface area contributed by atoms with Crippen molar-refractivity contribution in [3.05, 3.63) is 70.7 Å². The highest BCUT2D eigenvalue weighted by Crippen LogP contribution is 2.18. The molecular formula is C16H15FN4O. The smallest absolute Gasteiger partial charge is 0.323 e. The highest BCUT2D eigenvalue weighted by atomic mass is 19.1. The van der Waals surface area contributed by atoms with Crippen LogP contribution in [0.2, 0.25) is 0 Å². The predicted octanol–water partition coefficient (Wildman–Crippen LogP) is 3.30. The van der Waals surface area contributed by atoms with Gasteiger partial charge in [0.2, 0.25) is 0 Å². The molecule has 0 amide bonds. The highest BCUT2D eigenvalue weighted by Gasteiger charge is 2.03. The van der Waals surface area contributed by atoms with E-state index in [1.165, 1.54) is 12.1 Å². The molecule has 4 N–H and O–H groups in total. The Morgan fingerprint density at radius 3 is 2.55 bits per heavy atom. The van der Waals surface area contributed by atoms with Crippen LogP contribution in [0, 0.1) is 12.7 Å². The van der Waals surface area contributed by atoms with Gasteiger partial charge in [-0.05, 0) is 48.9 Å². The van der Waals surface area contributed by atoms with Crippen LogP contribution in [0.5, 0.6) is 0 Å². The van der Waals surface area contributed by atoms with Crippen molar-refractivity contribution >= 4 is 22.4 Å². The molecule has 0 aliphatic rings. The fourth-order valence-electron chi connectivity index (χ4n) is 2.30. The van der Waals surface area contributed by atoms with Crippen molar-refractivity contribution in [2.45, 2.75) is 6.92 Å². The van der Waals surface area contributed by atoms with Gasteiger partial charge in [0.25, 0.3) is 0 Å². The van der Waals surface area contributed by atoms with Crippen molar-refractivity contribution in [2.24, 2.45) is 0 Å². The zero-order valence-electron chi connectivity index (χ0n) is 12.0. The Morgan fingerprint density at radius 2 is 1.77 bits per heavy atom. The molecule has 5 nitrogen and oxygen atoms in total. The Morgan fingerprint density at radius 1 is 1.05 bits per heavy atom. The van der Waals surface area contributed by atoms with Gasteiger partial charge in [0.1, 0.15) is 11.6 Å². The number of imidazole rings is 1. The maximum Gasteiger partial charge on any atom is 0.323 e. The van der Waals surface area contributed by atoms with E-state index >= 15 is 0 Å². The monoisotopic (exact) mass is 298 g/mol. The zero-order valence-corrected chi connectivity index (χ0v) is 12.0. The normalized spacial score (nSPS) is 10.6. The summed E-state index contributed by atoms with van der Waals surface area (Å²) in [6.07, 6.45) is 0. The Kier molecular flexibility index (Phi) is 3.42. The number of rotatable bonds is 4. The quantitative estimate of drug-likeness (QED) is 0.597. The van der Waals surface area contributed by atoms with Crippen LogP contribution in [0.15, 0.2) is 53.6 Å². The van der Waals surface area contributed by atoms with E-state index in [1.54, 1.807) is 12.1 Å². The topological polar surface area (TPSA) is 72.7 Å². The lowest BCUT2D eigenvalue weighted by atomic mass is 10.2. The number of aromatic nitrogens is 2. The van der Waals surface area contributed by atoms with Crippen molar-refractivity contribution in [3.8, 4) is 0 Å². The number of hydrogen-bond acceptors (Lipinski definition) is 3. The molecule has 0 bridgehead atoms. The second-order valence-electron chi connectivity index (χ2n) is 5.09. The average molecular weight is 298 g/mol. The van der Waals surface area contributed by atoms with E-state index in [-0.39, 0.29) is 11.5 Å². The number of aromatic amines is 2. The number of anilines is 2. The van der Waals surface area contributed by atoms with Gasteiger partial charge in [-0.2, -0.15) is 0 Å². The summed E-state index contributed by atoms with van der Waals surface area (Å²) in [5.41, 5.74) is 3.37. The first-order valence-electron chi connectivity index (χ1n) is 6.72. The largest absolute Gasteiger partial charge is 0.342 e. The van der Waals surface area contributed by atoms with Gasteiger partial charge in [-0.3, -0.25) is 0 Å². The molecule has 0 unspecified atom stereocenters. The maximum atomic E-state index is 13.4. The molecule has 0 saturated heterocycles. The summed E-state index contributed by atoms with van der Waals surface area (Å²) in [5.74, 6) is 0.198. The van der Waals surface area contributed by atoms with Crippen LogP contribution in [-0.4, -0.2) is 9.97 Å². The van der Waals surface area contributed by atoms with Crippen molar-refractivity contribution < 1.29 is 4.39 Å². The van der Waals surface area contributed by atoms with E-state index in [9.17, 15) is 9.18 Å². The Bertz CT molecular complexity index is 890. The second kappa shape index (κ2) is 5.40. The van der Waals surface area contributed by atoms with Crippen LogP contribution in [0.25, 0.3) is 11.0 Å². The fourth-order valence-corrected chi connectivity index (χ4v) is 2.30. The first-order chi connectivity index (χ1) is 10.5. The van der Waals surface area contributed by atoms with Gasteiger partial charge >= 0.3 is 5.69 Å². The molecular weight excluding hydrogens is 283 g/mol. The van der Waals surface area contributed by atoms with Gasteiger partial charge in [0.05, 0.1) is 11.0 Å². The first-order valence-corrected chi connectivity index (χ1v) is 6.72. The lowest BCUT2D eigenvalue weighted by Crippen LogP contribution is -2.08. The third kappa shape index (κ3) is 3.01. The predicted molar refractivity (Wildman–Crippen MR) is 86.4 cm³/mol. The number of hydrogen-bond donors (Lipinski definition) is 4. The minimum absolute atomic E-state index is 0.251. The third-order valence-electron chi connectivity index (χ3n) is 3.15. The van der Waals surface area contributed by atoms with Crippen molar-refractivity contribution in [3.63, 3.8) is 0 Å². The van der Waals surface area contributed by atoms with Gasteiger partial charge in [0, 0.05) is 11.4 Å². The number of aryl methyl sites for hydroxylation is 1. The van der Waals surface area contributed by atoms with Crippen LogP contribution in [0.4, 0.5) is 15.8 Å². The molecule has 3 rings (SSSR count). The van der Waals surface area contributed by atoms with Crippen LogP contribution in [0.1, 0.15) is 5.56 Å². The standard InChI is InChI=1S/C16H15FN4O/c1-9-5-11(17)7-13(6-9)19-10(2)18-12-3-4-14-15(8-12)21-16(22)20-14/h3-8,18-19H,2H2,1H3,(H2,20,21,22). The van der Waals surface area contributed by atoms with E-state index < -0.39 is 0 Å². The van der Waals surface area contributed by atoms with E-state index in [4.69, 9.17) is 0 Å². The number of nitrogens with one attached hydrogen (secondary N) is 4. The van der Waals surface area contributed by atoms with Gasteiger partial charge in [-0.15, -0.1) is 0 Å². The molecule has 112 valence electrons. The van der Waals surface area contributed by atoms with Crippen LogP contribution < -0.4 is 16.3 Å². The van der Waals surface area contributed by atoms with Gasteiger partial charge < -0.3 is 20.6 Å². The third-order valence-corrected chi connectivity index (χ3v) is 3.15. The summed E-state index contributed by atoms with van der Waals surface area (Å²) < 4.78 is 13.4. The summed E-state index contributed by atoms with van der Waals surface area (Å²) in [4.78, 5) is 16.6. The molecule has 2 aromatic carbocycles. The summed E-state index contributed by atoms with van der Waals surface area (Å²) >= 11 is 0. The highest BCUT2D eigenvalue weighted by molar-refractivity contribution is 5.79. The number of fused-ring (bicyclic) bond motifs is 1. The average Bonchev–Trinajstić information content (AvgIpc) is 2.76. The molecule has 3 aromatic rings. The maximum absolute atomic E-state index is 13.4. The number of H-pyrrole nitrogens is 2. The molecule has 1 aromatic heterocycles. The van der Waals surface area contributed by atoms with Gasteiger partial charge in [0.15, 0.2) is 0 Å². The van der Waals surface area contributed by atoms with Crippen LogP contribution >= 0.6 is 0 Å². The molecule has 0 atom stereocenters.